The van der Waals surface area contributed by atoms with Crippen LogP contribution in [0.3, 0.4) is 0 Å². The highest BCUT2D eigenvalue weighted by Gasteiger charge is 2.31. The van der Waals surface area contributed by atoms with Crippen molar-refractivity contribution < 1.29 is 19.1 Å². The molecule has 0 heterocycles. The van der Waals surface area contributed by atoms with Crippen LogP contribution in [0.2, 0.25) is 0 Å². The molecule has 0 N–H and O–H groups in total. The molecule has 2 aliphatic rings. The Morgan fingerprint density at radius 1 is 0.926 bits per heavy atom. The predicted octanol–water partition coefficient (Wildman–Crippen LogP) is 4.51. The number of esters is 1. The number of ether oxygens (including phenoxy) is 1. The largest absolute Gasteiger partial charge is 0.426 e. The van der Waals surface area contributed by atoms with Crippen molar-refractivity contribution in [3.05, 3.63) is 64.2 Å². The maximum Gasteiger partial charge on any atom is 0.308 e. The van der Waals surface area contributed by atoms with E-state index in [1.54, 1.807) is 30.3 Å². The van der Waals surface area contributed by atoms with Crippen molar-refractivity contribution in [2.75, 3.05) is 0 Å². The minimum absolute atomic E-state index is 0.0467. The molecular formula is C23H22O4. The van der Waals surface area contributed by atoms with Crippen LogP contribution >= 0.6 is 0 Å². The van der Waals surface area contributed by atoms with E-state index in [1.165, 1.54) is 13.3 Å². The van der Waals surface area contributed by atoms with E-state index < -0.39 is 5.97 Å². The number of benzene rings is 2. The fourth-order valence-corrected chi connectivity index (χ4v) is 4.34. The summed E-state index contributed by atoms with van der Waals surface area (Å²) in [6.45, 7) is 1.34. The second-order valence-corrected chi connectivity index (χ2v) is 7.41. The van der Waals surface area contributed by atoms with Gasteiger partial charge in [-0.1, -0.05) is 49.6 Å². The minimum atomic E-state index is -0.423. The van der Waals surface area contributed by atoms with Crippen LogP contribution in [-0.4, -0.2) is 17.5 Å². The molecule has 138 valence electrons. The summed E-state index contributed by atoms with van der Waals surface area (Å²) in [5, 5.41) is 0. The molecule has 0 radical (unpaired) electrons. The molecule has 1 fully saturated rings. The lowest BCUT2D eigenvalue weighted by Crippen LogP contribution is -2.23. The Labute approximate surface area is 158 Å². The highest BCUT2D eigenvalue weighted by molar-refractivity contribution is 6.14. The summed E-state index contributed by atoms with van der Waals surface area (Å²) in [4.78, 5) is 37.6. The third-order valence-electron chi connectivity index (χ3n) is 5.65. The Morgan fingerprint density at radius 2 is 1.59 bits per heavy atom. The fourth-order valence-electron chi connectivity index (χ4n) is 4.34. The molecule has 0 unspecified atom stereocenters. The van der Waals surface area contributed by atoms with Crippen molar-refractivity contribution in [2.24, 2.45) is 5.92 Å². The van der Waals surface area contributed by atoms with E-state index in [9.17, 15) is 14.4 Å². The van der Waals surface area contributed by atoms with Crippen LogP contribution in [-0.2, 0) is 11.2 Å². The number of rotatable bonds is 3. The molecule has 4 heteroatoms. The summed E-state index contributed by atoms with van der Waals surface area (Å²) in [5.74, 6) is 0.0592. The van der Waals surface area contributed by atoms with E-state index in [4.69, 9.17) is 4.74 Å². The van der Waals surface area contributed by atoms with Crippen molar-refractivity contribution in [2.45, 2.75) is 45.4 Å². The average Bonchev–Trinajstić information content (AvgIpc) is 2.68. The van der Waals surface area contributed by atoms with Crippen LogP contribution < -0.4 is 4.74 Å². The second kappa shape index (κ2) is 7.10. The second-order valence-electron chi connectivity index (χ2n) is 7.41. The molecule has 0 amide bonds. The number of hydrogen-bond donors (Lipinski definition) is 0. The SMILES string of the molecule is CC(=O)Oc1cccc2c1Cc1c(cccc1C(=O)C1CCCCC1)C2=O. The van der Waals surface area contributed by atoms with Gasteiger partial charge in [0.25, 0.3) is 0 Å². The van der Waals surface area contributed by atoms with Gasteiger partial charge in [0.15, 0.2) is 11.6 Å². The van der Waals surface area contributed by atoms with Crippen LogP contribution in [0.25, 0.3) is 0 Å². The number of fused-ring (bicyclic) bond motifs is 2. The molecule has 4 rings (SSSR count). The van der Waals surface area contributed by atoms with Crippen LogP contribution in [0.1, 0.15) is 76.4 Å². The molecule has 1 saturated carbocycles. The van der Waals surface area contributed by atoms with Crippen molar-refractivity contribution >= 4 is 17.5 Å². The van der Waals surface area contributed by atoms with Crippen LogP contribution in [0.5, 0.6) is 5.75 Å². The molecule has 27 heavy (non-hydrogen) atoms. The number of hydrogen-bond acceptors (Lipinski definition) is 4. The maximum atomic E-state index is 13.2. The smallest absolute Gasteiger partial charge is 0.308 e. The van der Waals surface area contributed by atoms with Gasteiger partial charge in [0.2, 0.25) is 0 Å². The van der Waals surface area contributed by atoms with Gasteiger partial charge in [0.05, 0.1) is 0 Å². The van der Waals surface area contributed by atoms with Gasteiger partial charge in [-0.15, -0.1) is 0 Å². The van der Waals surface area contributed by atoms with E-state index in [-0.39, 0.29) is 17.5 Å². The van der Waals surface area contributed by atoms with Crippen molar-refractivity contribution in [1.82, 2.24) is 0 Å². The molecule has 0 spiro atoms. The third-order valence-corrected chi connectivity index (χ3v) is 5.65. The van der Waals surface area contributed by atoms with Gasteiger partial charge >= 0.3 is 5.97 Å². The Hall–Kier alpha value is -2.75. The Morgan fingerprint density at radius 3 is 2.30 bits per heavy atom. The molecule has 2 aromatic carbocycles. The normalized spacial score (nSPS) is 16.4. The topological polar surface area (TPSA) is 60.4 Å². The summed E-state index contributed by atoms with van der Waals surface area (Å²) in [6.07, 6.45) is 5.63. The first-order valence-electron chi connectivity index (χ1n) is 9.57. The molecule has 0 saturated heterocycles. The highest BCUT2D eigenvalue weighted by atomic mass is 16.5. The zero-order valence-electron chi connectivity index (χ0n) is 15.4. The van der Waals surface area contributed by atoms with Crippen LogP contribution in [0.4, 0.5) is 0 Å². The lowest BCUT2D eigenvalue weighted by atomic mass is 9.78. The van der Waals surface area contributed by atoms with Gasteiger partial charge in [-0.2, -0.15) is 0 Å². The van der Waals surface area contributed by atoms with E-state index >= 15 is 0 Å². The van der Waals surface area contributed by atoms with Crippen molar-refractivity contribution in [3.63, 3.8) is 0 Å². The lowest BCUT2D eigenvalue weighted by molar-refractivity contribution is -0.131. The number of carbonyl (C=O) groups excluding carboxylic acids is 3. The summed E-state index contributed by atoms with van der Waals surface area (Å²) in [6, 6.07) is 10.6. The van der Waals surface area contributed by atoms with Crippen LogP contribution in [0, 0.1) is 5.92 Å². The summed E-state index contributed by atoms with van der Waals surface area (Å²) >= 11 is 0. The van der Waals surface area contributed by atoms with E-state index in [1.807, 2.05) is 6.07 Å². The van der Waals surface area contributed by atoms with E-state index in [2.05, 4.69) is 0 Å². The summed E-state index contributed by atoms with van der Waals surface area (Å²) in [7, 11) is 0. The van der Waals surface area contributed by atoms with Crippen molar-refractivity contribution in [1.29, 1.82) is 0 Å². The summed E-state index contributed by atoms with van der Waals surface area (Å²) in [5.41, 5.74) is 3.24. The quantitative estimate of drug-likeness (QED) is 0.391. The molecular weight excluding hydrogens is 340 g/mol. The van der Waals surface area contributed by atoms with E-state index in [0.29, 0.717) is 34.4 Å². The summed E-state index contributed by atoms with van der Waals surface area (Å²) < 4.78 is 5.32. The van der Waals surface area contributed by atoms with Crippen molar-refractivity contribution in [3.8, 4) is 5.75 Å². The molecule has 2 aromatic rings. The van der Waals surface area contributed by atoms with Crippen LogP contribution in [0.15, 0.2) is 36.4 Å². The number of ketones is 2. The van der Waals surface area contributed by atoms with Gasteiger partial charge in [0.1, 0.15) is 5.75 Å². The lowest BCUT2D eigenvalue weighted by Gasteiger charge is -2.25. The van der Waals surface area contributed by atoms with E-state index in [0.717, 1.165) is 31.2 Å². The monoisotopic (exact) mass is 362 g/mol. The minimum Gasteiger partial charge on any atom is -0.426 e. The highest BCUT2D eigenvalue weighted by Crippen LogP contribution is 2.36. The van der Waals surface area contributed by atoms with Gasteiger partial charge < -0.3 is 4.74 Å². The Bertz CT molecular complexity index is 935. The zero-order valence-corrected chi connectivity index (χ0v) is 15.4. The molecule has 0 aromatic heterocycles. The average molecular weight is 362 g/mol. The fraction of sp³-hybridized carbons (Fsp3) is 0.348. The standard InChI is InChI=1S/C23H22O4/c1-14(24)27-21-12-6-11-18-20(21)13-19-16(9-5-10-17(19)23(18)26)22(25)15-7-3-2-4-8-15/h5-6,9-12,15H,2-4,7-8,13H2,1H3. The zero-order chi connectivity index (χ0) is 19.0. The van der Waals surface area contributed by atoms with Gasteiger partial charge in [-0.3, -0.25) is 14.4 Å². The Balaban J connectivity index is 1.77. The Kier molecular flexibility index (Phi) is 4.65. The molecule has 2 aliphatic carbocycles. The number of carbonyl (C=O) groups is 3. The molecule has 0 aliphatic heterocycles. The molecule has 4 nitrogen and oxygen atoms in total. The first-order valence-corrected chi connectivity index (χ1v) is 9.57. The first kappa shape index (κ1) is 17.7. The molecule has 0 bridgehead atoms. The predicted molar refractivity (Wildman–Crippen MR) is 101 cm³/mol. The molecule has 0 atom stereocenters. The third kappa shape index (κ3) is 3.20. The van der Waals surface area contributed by atoms with Gasteiger partial charge in [-0.05, 0) is 24.5 Å². The maximum absolute atomic E-state index is 13.2. The van der Waals surface area contributed by atoms with Gasteiger partial charge in [-0.25, -0.2) is 0 Å². The number of Topliss-reactive ketones (excluding diaryl/α,β-unsaturated/α-hetero) is 1. The first-order chi connectivity index (χ1) is 13.1. The van der Waals surface area contributed by atoms with Gasteiger partial charge in [0, 0.05) is 41.5 Å².